The van der Waals surface area contributed by atoms with Crippen LogP contribution in [0.2, 0.25) is 0 Å². The Morgan fingerprint density at radius 2 is 1.92 bits per heavy atom. The number of esters is 1. The summed E-state index contributed by atoms with van der Waals surface area (Å²) in [5.74, 6) is 0.822. The number of carbonyl (C=O) groups is 2. The van der Waals surface area contributed by atoms with Crippen LogP contribution in [0.15, 0.2) is 5.16 Å². The molecule has 9 nitrogen and oxygen atoms in total. The van der Waals surface area contributed by atoms with Crippen LogP contribution in [0, 0.1) is 0 Å². The molecule has 9 heteroatoms. The quantitative estimate of drug-likeness (QED) is 0.529. The minimum absolute atomic E-state index is 0.000149. The van der Waals surface area contributed by atoms with E-state index in [2.05, 4.69) is 5.16 Å². The number of methoxy groups -OCH3 is 2. The zero-order valence-corrected chi connectivity index (χ0v) is 14.7. The van der Waals surface area contributed by atoms with E-state index in [1.54, 1.807) is 6.92 Å². The predicted octanol–water partition coefficient (Wildman–Crippen LogP) is 1.50. The van der Waals surface area contributed by atoms with E-state index in [-0.39, 0.29) is 43.3 Å². The van der Waals surface area contributed by atoms with Crippen LogP contribution in [0.3, 0.4) is 0 Å². The van der Waals surface area contributed by atoms with Crippen LogP contribution >= 0.6 is 0 Å². The smallest absolute Gasteiger partial charge is 0.356 e. The number of carbonyl (C=O) groups excluding carboxylic acids is 2. The Balaban J connectivity index is 1.91. The maximum Gasteiger partial charge on any atom is 0.356 e. The lowest BCUT2D eigenvalue weighted by atomic mass is 9.96. The van der Waals surface area contributed by atoms with Gasteiger partial charge in [-0.2, -0.15) is 0 Å². The highest BCUT2D eigenvalue weighted by Crippen LogP contribution is 2.52. The van der Waals surface area contributed by atoms with Crippen LogP contribution in [-0.4, -0.2) is 51.7 Å². The van der Waals surface area contributed by atoms with Gasteiger partial charge in [0.1, 0.15) is 6.10 Å². The van der Waals surface area contributed by atoms with Crippen LogP contribution in [0.4, 0.5) is 0 Å². The lowest BCUT2D eigenvalue weighted by molar-refractivity contribution is -0.135. The molecule has 140 valence electrons. The fourth-order valence-electron chi connectivity index (χ4n) is 2.98. The number of aldehydes is 1. The maximum absolute atomic E-state index is 11.8. The Labute approximate surface area is 149 Å². The summed E-state index contributed by atoms with van der Waals surface area (Å²) < 4.78 is 26.6. The monoisotopic (exact) mass is 365 g/mol. The van der Waals surface area contributed by atoms with Crippen molar-refractivity contribution < 1.29 is 38.1 Å². The van der Waals surface area contributed by atoms with Crippen molar-refractivity contribution in [3.8, 4) is 23.0 Å². The maximum atomic E-state index is 11.8. The summed E-state index contributed by atoms with van der Waals surface area (Å²) in [6.45, 7) is 1.97. The Bertz CT molecular complexity index is 758. The molecule has 0 saturated heterocycles. The SMILES string of the molecule is CCOC(=O)C1=NOC(Cc2c(C=O)c(OC)c3c(c2OC)OCO3)C1. The van der Waals surface area contributed by atoms with Crippen molar-refractivity contribution >= 4 is 18.0 Å². The van der Waals surface area contributed by atoms with Gasteiger partial charge in [0, 0.05) is 18.4 Å². The Morgan fingerprint density at radius 1 is 1.23 bits per heavy atom. The third kappa shape index (κ3) is 3.00. The van der Waals surface area contributed by atoms with Gasteiger partial charge in [-0.25, -0.2) is 4.79 Å². The highest BCUT2D eigenvalue weighted by Gasteiger charge is 2.35. The third-order valence-electron chi connectivity index (χ3n) is 4.07. The first kappa shape index (κ1) is 17.8. The van der Waals surface area contributed by atoms with E-state index < -0.39 is 12.1 Å². The summed E-state index contributed by atoms with van der Waals surface area (Å²) in [6.07, 6.45) is 0.737. The van der Waals surface area contributed by atoms with Gasteiger partial charge in [0.2, 0.25) is 18.3 Å². The van der Waals surface area contributed by atoms with Gasteiger partial charge < -0.3 is 28.5 Å². The van der Waals surface area contributed by atoms with Crippen molar-refractivity contribution in [2.75, 3.05) is 27.6 Å². The summed E-state index contributed by atoms with van der Waals surface area (Å²) in [5.41, 5.74) is 1.02. The number of nitrogens with zero attached hydrogens (tertiary/aromatic N) is 1. The zero-order valence-electron chi connectivity index (χ0n) is 14.7. The molecular formula is C17H19NO8. The van der Waals surface area contributed by atoms with Crippen molar-refractivity contribution in [1.29, 1.82) is 0 Å². The number of benzene rings is 1. The van der Waals surface area contributed by atoms with Crippen LogP contribution in [0.5, 0.6) is 23.0 Å². The molecule has 0 aromatic heterocycles. The topological polar surface area (TPSA) is 102 Å². The molecule has 0 amide bonds. The van der Waals surface area contributed by atoms with E-state index in [4.69, 9.17) is 28.5 Å². The molecule has 2 aliphatic heterocycles. The van der Waals surface area contributed by atoms with Gasteiger partial charge in [0.05, 0.1) is 26.4 Å². The fraction of sp³-hybridized carbons (Fsp3) is 0.471. The van der Waals surface area contributed by atoms with E-state index in [0.717, 1.165) is 0 Å². The summed E-state index contributed by atoms with van der Waals surface area (Å²) in [7, 11) is 2.91. The standard InChI is InChI=1S/C17H19NO8/c1-4-23-17(20)12-6-9(26-18-12)5-10-11(7-19)14(22-3)16-15(13(10)21-2)24-8-25-16/h7,9H,4-6,8H2,1-3H3. The molecule has 1 atom stereocenters. The number of rotatable bonds is 7. The lowest BCUT2D eigenvalue weighted by Gasteiger charge is -2.18. The predicted molar refractivity (Wildman–Crippen MR) is 88.3 cm³/mol. The van der Waals surface area contributed by atoms with Gasteiger partial charge in [-0.1, -0.05) is 5.16 Å². The first-order chi connectivity index (χ1) is 12.6. The lowest BCUT2D eigenvalue weighted by Crippen LogP contribution is -2.20. The first-order valence-corrected chi connectivity index (χ1v) is 8.05. The molecular weight excluding hydrogens is 346 g/mol. The van der Waals surface area contributed by atoms with Gasteiger partial charge in [0.15, 0.2) is 23.5 Å². The summed E-state index contributed by atoms with van der Waals surface area (Å²) in [5, 5.41) is 3.78. The molecule has 0 spiro atoms. The molecule has 0 N–H and O–H groups in total. The van der Waals surface area contributed by atoms with E-state index in [0.29, 0.717) is 29.1 Å². The number of oxime groups is 1. The average molecular weight is 365 g/mol. The molecule has 1 unspecified atom stereocenters. The van der Waals surface area contributed by atoms with E-state index >= 15 is 0 Å². The number of ether oxygens (including phenoxy) is 5. The summed E-state index contributed by atoms with van der Waals surface area (Å²) >= 11 is 0. The molecule has 2 aliphatic rings. The Kier molecular flexibility index (Phi) is 5.15. The van der Waals surface area contributed by atoms with Crippen LogP contribution < -0.4 is 18.9 Å². The second-order valence-electron chi connectivity index (χ2n) is 5.54. The highest BCUT2D eigenvalue weighted by atomic mass is 16.7. The zero-order chi connectivity index (χ0) is 18.7. The van der Waals surface area contributed by atoms with E-state index in [1.165, 1.54) is 14.2 Å². The molecule has 26 heavy (non-hydrogen) atoms. The molecule has 0 fully saturated rings. The molecule has 1 aromatic rings. The van der Waals surface area contributed by atoms with Crippen LogP contribution in [0.25, 0.3) is 0 Å². The van der Waals surface area contributed by atoms with Crippen molar-refractivity contribution in [3.63, 3.8) is 0 Å². The number of hydrogen-bond acceptors (Lipinski definition) is 9. The second kappa shape index (κ2) is 7.51. The van der Waals surface area contributed by atoms with Crippen molar-refractivity contribution in [2.45, 2.75) is 25.9 Å². The first-order valence-electron chi connectivity index (χ1n) is 8.05. The second-order valence-corrected chi connectivity index (χ2v) is 5.54. The van der Waals surface area contributed by atoms with Gasteiger partial charge in [-0.05, 0) is 6.92 Å². The molecule has 0 saturated carbocycles. The minimum atomic E-state index is -0.513. The van der Waals surface area contributed by atoms with Crippen molar-refractivity contribution in [1.82, 2.24) is 0 Å². The van der Waals surface area contributed by atoms with Gasteiger partial charge in [-0.3, -0.25) is 4.79 Å². The van der Waals surface area contributed by atoms with Gasteiger partial charge in [-0.15, -0.1) is 0 Å². The summed E-state index contributed by atoms with van der Waals surface area (Å²) in [6, 6.07) is 0. The van der Waals surface area contributed by atoms with E-state index in [9.17, 15) is 9.59 Å². The van der Waals surface area contributed by atoms with Gasteiger partial charge >= 0.3 is 5.97 Å². The van der Waals surface area contributed by atoms with Crippen molar-refractivity contribution in [3.05, 3.63) is 11.1 Å². The minimum Gasteiger partial charge on any atom is -0.492 e. The third-order valence-corrected chi connectivity index (χ3v) is 4.07. The molecule has 1 aromatic carbocycles. The molecule has 2 heterocycles. The molecule has 0 bridgehead atoms. The number of hydrogen-bond donors (Lipinski definition) is 0. The Hall–Kier alpha value is -2.97. The largest absolute Gasteiger partial charge is 0.492 e. The van der Waals surface area contributed by atoms with Gasteiger partial charge in [0.25, 0.3) is 0 Å². The highest BCUT2D eigenvalue weighted by molar-refractivity contribution is 6.36. The fourth-order valence-corrected chi connectivity index (χ4v) is 2.98. The number of fused-ring (bicyclic) bond motifs is 1. The van der Waals surface area contributed by atoms with Crippen LogP contribution in [0.1, 0.15) is 29.3 Å². The molecule has 0 aliphatic carbocycles. The van der Waals surface area contributed by atoms with E-state index in [1.807, 2.05) is 0 Å². The normalized spacial score (nSPS) is 17.3. The molecule has 0 radical (unpaired) electrons. The Morgan fingerprint density at radius 3 is 2.54 bits per heavy atom. The summed E-state index contributed by atoms with van der Waals surface area (Å²) in [4.78, 5) is 28.8. The molecule has 3 rings (SSSR count). The van der Waals surface area contributed by atoms with Crippen LogP contribution in [-0.2, 0) is 20.8 Å². The van der Waals surface area contributed by atoms with Crippen molar-refractivity contribution in [2.24, 2.45) is 5.16 Å². The average Bonchev–Trinajstić information content (AvgIpc) is 3.30.